The minimum Gasteiger partial charge on any atom is -0.480 e. The second-order valence-electron chi connectivity index (χ2n) is 9.37. The van der Waals surface area contributed by atoms with Crippen LogP contribution >= 0.6 is 11.6 Å². The van der Waals surface area contributed by atoms with Crippen LogP contribution in [0.1, 0.15) is 35.6 Å². The van der Waals surface area contributed by atoms with Crippen LogP contribution in [0.2, 0.25) is 5.02 Å². The molecule has 2 fully saturated rings. The van der Waals surface area contributed by atoms with Gasteiger partial charge in [0.1, 0.15) is 5.54 Å². The Morgan fingerprint density at radius 2 is 1.89 bits per heavy atom. The van der Waals surface area contributed by atoms with E-state index in [-0.39, 0.29) is 35.7 Å². The van der Waals surface area contributed by atoms with Crippen molar-refractivity contribution in [3.05, 3.63) is 64.2 Å². The van der Waals surface area contributed by atoms with Gasteiger partial charge in [0, 0.05) is 17.6 Å². The summed E-state index contributed by atoms with van der Waals surface area (Å²) in [6.45, 7) is 1.70. The third-order valence-electron chi connectivity index (χ3n) is 7.07. The predicted molar refractivity (Wildman–Crippen MR) is 130 cm³/mol. The average molecular weight is 553 g/mol. The first kappa shape index (κ1) is 27.4. The van der Waals surface area contributed by atoms with Crippen LogP contribution in [-0.4, -0.2) is 41.0 Å². The third-order valence-corrected chi connectivity index (χ3v) is 7.48. The van der Waals surface area contributed by atoms with E-state index in [9.17, 15) is 37.5 Å². The number of hydrogen-bond acceptors (Lipinski definition) is 5. The van der Waals surface area contributed by atoms with E-state index in [1.165, 1.54) is 18.2 Å². The molecule has 9 nitrogen and oxygen atoms in total. The number of anilines is 1. The summed E-state index contributed by atoms with van der Waals surface area (Å²) in [6, 6.07) is 6.64. The molecule has 0 saturated carbocycles. The van der Waals surface area contributed by atoms with Crippen LogP contribution in [0.25, 0.3) is 0 Å². The summed E-state index contributed by atoms with van der Waals surface area (Å²) in [4.78, 5) is 52.1. The number of carbonyl (C=O) groups excluding carboxylic acids is 3. The highest BCUT2D eigenvalue weighted by molar-refractivity contribution is 6.32. The zero-order valence-corrected chi connectivity index (χ0v) is 20.8. The van der Waals surface area contributed by atoms with E-state index in [4.69, 9.17) is 17.3 Å². The molecule has 0 bridgehead atoms. The van der Waals surface area contributed by atoms with Crippen LogP contribution in [-0.2, 0) is 20.6 Å². The maximum absolute atomic E-state index is 13.7. The summed E-state index contributed by atoms with van der Waals surface area (Å²) in [5.74, 6) is -5.78. The van der Waals surface area contributed by atoms with Gasteiger partial charge in [-0.05, 0) is 55.2 Å². The van der Waals surface area contributed by atoms with Crippen molar-refractivity contribution in [1.82, 2.24) is 10.6 Å². The standard InChI is InChI=1S/C25H24ClF3N4O5/c1-12-6-7-15(11-16(12)26)33-20(34)17-18(21(33)35)24(22(36)37,8-3-9-31-23(30)38)32-19(17)13-4-2-5-14(10-13)25(27,28)29/h2,4-7,10-11,17-19,32H,3,8-9H2,1H3,(H,36,37)(H3,30,31,38). The molecule has 13 heteroatoms. The molecular weight excluding hydrogens is 529 g/mol. The number of nitrogens with one attached hydrogen (secondary N) is 2. The van der Waals surface area contributed by atoms with Gasteiger partial charge >= 0.3 is 18.2 Å². The maximum atomic E-state index is 13.7. The number of nitrogens with two attached hydrogens (primary N) is 1. The van der Waals surface area contributed by atoms with Gasteiger partial charge in [-0.2, -0.15) is 13.2 Å². The first-order valence-electron chi connectivity index (χ1n) is 11.6. The highest BCUT2D eigenvalue weighted by Crippen LogP contribution is 2.52. The van der Waals surface area contributed by atoms with E-state index in [1.54, 1.807) is 13.0 Å². The number of aryl methyl sites for hydroxylation is 1. The van der Waals surface area contributed by atoms with E-state index >= 15 is 0 Å². The van der Waals surface area contributed by atoms with Gasteiger partial charge in [0.05, 0.1) is 23.1 Å². The molecule has 2 aromatic rings. The Labute approximate surface area is 220 Å². The number of carboxylic acid groups (broad SMARTS) is 1. The van der Waals surface area contributed by atoms with E-state index in [0.29, 0.717) is 5.56 Å². The van der Waals surface area contributed by atoms with Crippen molar-refractivity contribution in [2.75, 3.05) is 11.4 Å². The van der Waals surface area contributed by atoms with Crippen molar-refractivity contribution >= 4 is 41.1 Å². The molecule has 0 radical (unpaired) electrons. The number of alkyl halides is 3. The lowest BCUT2D eigenvalue weighted by atomic mass is 9.77. The molecule has 4 atom stereocenters. The van der Waals surface area contributed by atoms with E-state index < -0.39 is 59.0 Å². The first-order valence-corrected chi connectivity index (χ1v) is 12.0. The molecule has 38 heavy (non-hydrogen) atoms. The molecule has 2 aliphatic heterocycles. The number of primary amides is 1. The number of rotatable bonds is 7. The monoisotopic (exact) mass is 552 g/mol. The Kier molecular flexibility index (Phi) is 7.15. The molecule has 2 saturated heterocycles. The number of carboxylic acids is 1. The fourth-order valence-corrected chi connectivity index (χ4v) is 5.46. The summed E-state index contributed by atoms with van der Waals surface area (Å²) in [7, 11) is 0. The number of benzene rings is 2. The molecule has 5 N–H and O–H groups in total. The predicted octanol–water partition coefficient (Wildman–Crippen LogP) is 3.39. The van der Waals surface area contributed by atoms with Gasteiger partial charge in [0.15, 0.2) is 0 Å². The van der Waals surface area contributed by atoms with Gasteiger partial charge in [-0.3, -0.25) is 19.7 Å². The van der Waals surface area contributed by atoms with Gasteiger partial charge in [-0.1, -0.05) is 29.8 Å². The number of amides is 4. The smallest absolute Gasteiger partial charge is 0.416 e. The number of hydrogen-bond donors (Lipinski definition) is 4. The van der Waals surface area contributed by atoms with Crippen LogP contribution in [0.4, 0.5) is 23.7 Å². The Bertz CT molecular complexity index is 1320. The Hall–Kier alpha value is -3.64. The van der Waals surface area contributed by atoms with Crippen molar-refractivity contribution in [2.45, 2.75) is 37.5 Å². The van der Waals surface area contributed by atoms with Crippen molar-refractivity contribution in [3.8, 4) is 0 Å². The lowest BCUT2D eigenvalue weighted by Crippen LogP contribution is -2.56. The number of urea groups is 1. The van der Waals surface area contributed by atoms with Gasteiger partial charge in [-0.15, -0.1) is 0 Å². The molecule has 0 aliphatic carbocycles. The molecule has 0 aromatic heterocycles. The largest absolute Gasteiger partial charge is 0.480 e. The molecular formula is C25H24ClF3N4O5. The lowest BCUT2D eigenvalue weighted by molar-refractivity contribution is -0.149. The van der Waals surface area contributed by atoms with Crippen molar-refractivity contribution < 1.29 is 37.5 Å². The number of aliphatic carboxylic acids is 1. The van der Waals surface area contributed by atoms with Crippen molar-refractivity contribution in [1.29, 1.82) is 0 Å². The van der Waals surface area contributed by atoms with Crippen LogP contribution in [0.15, 0.2) is 42.5 Å². The summed E-state index contributed by atoms with van der Waals surface area (Å²) in [5.41, 5.74) is 2.89. The third kappa shape index (κ3) is 4.69. The molecule has 2 aliphatic rings. The van der Waals surface area contributed by atoms with Crippen LogP contribution in [0.5, 0.6) is 0 Å². The van der Waals surface area contributed by atoms with Crippen molar-refractivity contribution in [2.24, 2.45) is 17.6 Å². The Morgan fingerprint density at radius 1 is 1.18 bits per heavy atom. The SMILES string of the molecule is Cc1ccc(N2C(=O)C3C(c4cccc(C(F)(F)F)c4)NC(CCCNC(N)=O)(C(=O)O)C3C2=O)cc1Cl. The zero-order chi connectivity index (χ0) is 28.0. The van der Waals surface area contributed by atoms with Gasteiger partial charge < -0.3 is 16.2 Å². The van der Waals surface area contributed by atoms with Gasteiger partial charge in [0.2, 0.25) is 11.8 Å². The normalized spacial score (nSPS) is 25.0. The topological polar surface area (TPSA) is 142 Å². The molecule has 2 heterocycles. The highest BCUT2D eigenvalue weighted by Gasteiger charge is 2.68. The molecule has 4 unspecified atom stereocenters. The highest BCUT2D eigenvalue weighted by atomic mass is 35.5. The zero-order valence-electron chi connectivity index (χ0n) is 20.0. The average Bonchev–Trinajstić information content (AvgIpc) is 3.32. The minimum absolute atomic E-state index is 0.0122. The number of fused-ring (bicyclic) bond motifs is 1. The quantitative estimate of drug-likeness (QED) is 0.306. The molecule has 0 spiro atoms. The molecule has 202 valence electrons. The number of halogens is 4. The summed E-state index contributed by atoms with van der Waals surface area (Å²) < 4.78 is 40.4. The molecule has 2 aromatic carbocycles. The molecule has 4 amide bonds. The minimum atomic E-state index is -4.68. The van der Waals surface area contributed by atoms with Crippen LogP contribution in [0.3, 0.4) is 0 Å². The fraction of sp³-hybridized carbons (Fsp3) is 0.360. The Balaban J connectivity index is 1.82. The van der Waals surface area contributed by atoms with Gasteiger partial charge in [-0.25, -0.2) is 9.69 Å². The van der Waals surface area contributed by atoms with E-state index in [1.807, 2.05) is 0 Å². The van der Waals surface area contributed by atoms with Crippen LogP contribution in [0, 0.1) is 18.8 Å². The van der Waals surface area contributed by atoms with E-state index in [2.05, 4.69) is 10.6 Å². The molecule has 4 rings (SSSR count). The lowest BCUT2D eigenvalue weighted by Gasteiger charge is -2.31. The maximum Gasteiger partial charge on any atom is 0.416 e. The van der Waals surface area contributed by atoms with Crippen LogP contribution < -0.4 is 21.3 Å². The van der Waals surface area contributed by atoms with E-state index in [0.717, 1.165) is 23.1 Å². The number of carbonyl (C=O) groups is 4. The number of nitrogens with zero attached hydrogens (tertiary/aromatic N) is 1. The van der Waals surface area contributed by atoms with Gasteiger partial charge in [0.25, 0.3) is 0 Å². The fourth-order valence-electron chi connectivity index (χ4n) is 5.28. The summed E-state index contributed by atoms with van der Waals surface area (Å²) in [5, 5.41) is 15.8. The van der Waals surface area contributed by atoms with Crippen molar-refractivity contribution in [3.63, 3.8) is 0 Å². The Morgan fingerprint density at radius 3 is 2.50 bits per heavy atom. The number of imide groups is 1. The second-order valence-corrected chi connectivity index (χ2v) is 9.77. The summed E-state index contributed by atoms with van der Waals surface area (Å²) >= 11 is 6.20. The second kappa shape index (κ2) is 9.91. The first-order chi connectivity index (χ1) is 17.8. The summed E-state index contributed by atoms with van der Waals surface area (Å²) in [6.07, 6.45) is -4.85.